The molecule has 10 heteroatoms. The summed E-state index contributed by atoms with van der Waals surface area (Å²) in [6.45, 7) is 4.73. The third-order valence-corrected chi connectivity index (χ3v) is 5.18. The number of carbonyl (C=O) groups is 2. The van der Waals surface area contributed by atoms with Gasteiger partial charge >= 0.3 is 5.69 Å². The van der Waals surface area contributed by atoms with Gasteiger partial charge in [0.15, 0.2) is 6.61 Å². The number of nitro benzene ring substituents is 1. The molecule has 2 aromatic carbocycles. The van der Waals surface area contributed by atoms with Crippen LogP contribution in [0.1, 0.15) is 32.8 Å². The molecule has 2 aromatic rings. The van der Waals surface area contributed by atoms with Crippen molar-refractivity contribution < 1.29 is 28.4 Å². The van der Waals surface area contributed by atoms with Crippen LogP contribution < -0.4 is 14.8 Å². The number of methoxy groups -OCH3 is 1. The standard InChI is InChI=1S/C23H28FN3O6/c1-5-15(2)25-23(29)16(3)26(13-17-8-6-7-9-19(17)24)22(28)14-33-18-10-11-20(27(30)31)21(12-18)32-4/h6-12,15-16H,5,13-14H2,1-4H3,(H,25,29)/t15-,16-/m0/s1. The molecule has 33 heavy (non-hydrogen) atoms. The van der Waals surface area contributed by atoms with Crippen LogP contribution >= 0.6 is 0 Å². The number of hydrogen-bond donors (Lipinski definition) is 1. The lowest BCUT2D eigenvalue weighted by Gasteiger charge is -2.29. The van der Waals surface area contributed by atoms with Crippen LogP contribution in [-0.2, 0) is 16.1 Å². The minimum absolute atomic E-state index is 0.0190. The Morgan fingerprint density at radius 2 is 1.91 bits per heavy atom. The summed E-state index contributed by atoms with van der Waals surface area (Å²) in [6.07, 6.45) is 0.713. The molecular formula is C23H28FN3O6. The summed E-state index contributed by atoms with van der Waals surface area (Å²) in [6, 6.07) is 8.87. The van der Waals surface area contributed by atoms with Crippen LogP contribution in [0.5, 0.6) is 11.5 Å². The van der Waals surface area contributed by atoms with Gasteiger partial charge in [0, 0.05) is 30.3 Å². The summed E-state index contributed by atoms with van der Waals surface area (Å²) >= 11 is 0. The normalized spacial score (nSPS) is 12.4. The van der Waals surface area contributed by atoms with Crippen LogP contribution in [0.15, 0.2) is 42.5 Å². The number of amides is 2. The van der Waals surface area contributed by atoms with Crippen LogP contribution in [-0.4, -0.2) is 47.4 Å². The predicted molar refractivity (Wildman–Crippen MR) is 119 cm³/mol. The maximum absolute atomic E-state index is 14.2. The highest BCUT2D eigenvalue weighted by Gasteiger charge is 2.28. The summed E-state index contributed by atoms with van der Waals surface area (Å²) in [5, 5.41) is 13.9. The number of nitrogens with zero attached hydrogens (tertiary/aromatic N) is 2. The topological polar surface area (TPSA) is 111 Å². The molecule has 0 aliphatic carbocycles. The van der Waals surface area contributed by atoms with E-state index in [1.807, 2.05) is 13.8 Å². The summed E-state index contributed by atoms with van der Waals surface area (Å²) < 4.78 is 24.7. The van der Waals surface area contributed by atoms with Crippen LogP contribution in [0, 0.1) is 15.9 Å². The number of hydrogen-bond acceptors (Lipinski definition) is 6. The van der Waals surface area contributed by atoms with Gasteiger partial charge in [0.1, 0.15) is 17.6 Å². The highest BCUT2D eigenvalue weighted by Crippen LogP contribution is 2.30. The van der Waals surface area contributed by atoms with Crippen molar-refractivity contribution in [1.82, 2.24) is 10.2 Å². The van der Waals surface area contributed by atoms with Crippen molar-refractivity contribution in [2.75, 3.05) is 13.7 Å². The van der Waals surface area contributed by atoms with Crippen molar-refractivity contribution in [3.8, 4) is 11.5 Å². The third-order valence-electron chi connectivity index (χ3n) is 5.18. The van der Waals surface area contributed by atoms with E-state index in [2.05, 4.69) is 5.32 Å². The number of nitrogens with one attached hydrogen (secondary N) is 1. The summed E-state index contributed by atoms with van der Waals surface area (Å²) in [4.78, 5) is 37.4. The number of benzene rings is 2. The SMILES string of the molecule is CC[C@H](C)NC(=O)[C@H](C)N(Cc1ccccc1F)C(=O)COc1ccc([N+](=O)[O-])c(OC)c1. The molecule has 0 unspecified atom stereocenters. The van der Waals surface area contributed by atoms with Crippen molar-refractivity contribution >= 4 is 17.5 Å². The number of carbonyl (C=O) groups excluding carboxylic acids is 2. The smallest absolute Gasteiger partial charge is 0.311 e. The molecule has 2 atom stereocenters. The average Bonchev–Trinajstić information content (AvgIpc) is 2.80. The molecular weight excluding hydrogens is 433 g/mol. The molecule has 0 fully saturated rings. The number of nitro groups is 1. The van der Waals surface area contributed by atoms with Crippen LogP contribution in [0.4, 0.5) is 10.1 Å². The lowest BCUT2D eigenvalue weighted by Crippen LogP contribution is -2.50. The Kier molecular flexibility index (Phi) is 9.14. The largest absolute Gasteiger partial charge is 0.490 e. The molecule has 0 saturated heterocycles. The van der Waals surface area contributed by atoms with Crippen LogP contribution in [0.2, 0.25) is 0 Å². The van der Waals surface area contributed by atoms with Crippen molar-refractivity contribution in [2.24, 2.45) is 0 Å². The lowest BCUT2D eigenvalue weighted by molar-refractivity contribution is -0.385. The van der Waals surface area contributed by atoms with Gasteiger partial charge in [0.25, 0.3) is 5.91 Å². The minimum Gasteiger partial charge on any atom is -0.490 e. The number of ether oxygens (including phenoxy) is 2. The maximum atomic E-state index is 14.2. The molecule has 1 N–H and O–H groups in total. The zero-order valence-electron chi connectivity index (χ0n) is 19.0. The second kappa shape index (κ2) is 11.8. The predicted octanol–water partition coefficient (Wildman–Crippen LogP) is 3.45. The average molecular weight is 461 g/mol. The Hall–Kier alpha value is -3.69. The first-order valence-electron chi connectivity index (χ1n) is 10.5. The molecule has 178 valence electrons. The van der Waals surface area contributed by atoms with Gasteiger partial charge in [-0.2, -0.15) is 0 Å². The zero-order valence-corrected chi connectivity index (χ0v) is 19.0. The van der Waals surface area contributed by atoms with Gasteiger partial charge in [-0.1, -0.05) is 25.1 Å². The first-order valence-corrected chi connectivity index (χ1v) is 10.5. The van der Waals surface area contributed by atoms with Gasteiger partial charge in [0.05, 0.1) is 12.0 Å². The molecule has 0 bridgehead atoms. The quantitative estimate of drug-likeness (QED) is 0.405. The molecule has 2 rings (SSSR count). The van der Waals surface area contributed by atoms with Crippen LogP contribution in [0.25, 0.3) is 0 Å². The third kappa shape index (κ3) is 6.90. The summed E-state index contributed by atoms with van der Waals surface area (Å²) in [5.41, 5.74) is 0.0127. The van der Waals surface area contributed by atoms with Gasteiger partial charge < -0.3 is 19.7 Å². The molecule has 9 nitrogen and oxygen atoms in total. The highest BCUT2D eigenvalue weighted by molar-refractivity contribution is 5.88. The monoisotopic (exact) mass is 461 g/mol. The van der Waals surface area contributed by atoms with Gasteiger partial charge in [-0.15, -0.1) is 0 Å². The van der Waals surface area contributed by atoms with Crippen LogP contribution in [0.3, 0.4) is 0 Å². The Labute approximate surface area is 191 Å². The Bertz CT molecular complexity index is 1000. The Balaban J connectivity index is 2.21. The van der Waals surface area contributed by atoms with E-state index >= 15 is 0 Å². The zero-order chi connectivity index (χ0) is 24.5. The number of rotatable bonds is 11. The molecule has 0 aliphatic heterocycles. The minimum atomic E-state index is -0.888. The first-order chi connectivity index (χ1) is 15.7. The van der Waals surface area contributed by atoms with Crippen molar-refractivity contribution in [1.29, 1.82) is 0 Å². The lowest BCUT2D eigenvalue weighted by atomic mass is 10.1. The van der Waals surface area contributed by atoms with E-state index in [0.717, 1.165) is 0 Å². The Morgan fingerprint density at radius 3 is 2.52 bits per heavy atom. The summed E-state index contributed by atoms with van der Waals surface area (Å²) in [7, 11) is 1.28. The maximum Gasteiger partial charge on any atom is 0.311 e. The van der Waals surface area contributed by atoms with E-state index in [1.165, 1.54) is 48.4 Å². The Morgan fingerprint density at radius 1 is 1.21 bits per heavy atom. The molecule has 0 aromatic heterocycles. The molecule has 2 amide bonds. The van der Waals surface area contributed by atoms with E-state index in [1.54, 1.807) is 13.0 Å². The van der Waals surface area contributed by atoms with Crippen molar-refractivity contribution in [2.45, 2.75) is 45.8 Å². The van der Waals surface area contributed by atoms with E-state index < -0.39 is 29.3 Å². The molecule has 0 aliphatic rings. The van der Waals surface area contributed by atoms with E-state index in [0.29, 0.717) is 6.42 Å². The van der Waals surface area contributed by atoms with Crippen molar-refractivity contribution in [3.05, 3.63) is 64.0 Å². The highest BCUT2D eigenvalue weighted by atomic mass is 19.1. The second-order valence-corrected chi connectivity index (χ2v) is 7.49. The number of halogens is 1. The van der Waals surface area contributed by atoms with Crippen molar-refractivity contribution in [3.63, 3.8) is 0 Å². The second-order valence-electron chi connectivity index (χ2n) is 7.49. The molecule has 0 spiro atoms. The van der Waals surface area contributed by atoms with Gasteiger partial charge in [-0.25, -0.2) is 4.39 Å². The summed E-state index contributed by atoms with van der Waals surface area (Å²) in [5.74, 6) is -1.26. The van der Waals surface area contributed by atoms with Gasteiger partial charge in [-0.3, -0.25) is 19.7 Å². The first kappa shape index (κ1) is 25.6. The van der Waals surface area contributed by atoms with E-state index in [-0.39, 0.29) is 41.2 Å². The molecule has 0 radical (unpaired) electrons. The fourth-order valence-corrected chi connectivity index (χ4v) is 2.98. The van der Waals surface area contributed by atoms with E-state index in [4.69, 9.17) is 9.47 Å². The van der Waals surface area contributed by atoms with Gasteiger partial charge in [0.2, 0.25) is 11.7 Å². The molecule has 0 heterocycles. The molecule has 0 saturated carbocycles. The fourth-order valence-electron chi connectivity index (χ4n) is 2.98. The van der Waals surface area contributed by atoms with E-state index in [9.17, 15) is 24.1 Å². The fraction of sp³-hybridized carbons (Fsp3) is 0.391. The van der Waals surface area contributed by atoms with Gasteiger partial charge in [-0.05, 0) is 32.4 Å².